The Morgan fingerprint density at radius 3 is 1.93 bits per heavy atom. The van der Waals surface area contributed by atoms with E-state index >= 15 is 0 Å². The minimum atomic E-state index is -0.319. The van der Waals surface area contributed by atoms with Crippen molar-refractivity contribution in [2.24, 2.45) is 0 Å². The van der Waals surface area contributed by atoms with Gasteiger partial charge in [-0.2, -0.15) is 0 Å². The van der Waals surface area contributed by atoms with Crippen molar-refractivity contribution in [2.75, 3.05) is 26.2 Å². The number of nitrogens with zero attached hydrogens (tertiary/aromatic N) is 2. The van der Waals surface area contributed by atoms with Crippen molar-refractivity contribution in [2.45, 2.75) is 38.0 Å². The number of carbonyl (C=O) groups excluding carboxylic acids is 2. The minimum Gasteiger partial charge on any atom is -0.338 e. The van der Waals surface area contributed by atoms with Gasteiger partial charge in [0.25, 0.3) is 5.91 Å². The van der Waals surface area contributed by atoms with Gasteiger partial charge in [-0.25, -0.2) is 0 Å². The van der Waals surface area contributed by atoms with Crippen LogP contribution < -0.4 is 0 Å². The highest BCUT2D eigenvalue weighted by Crippen LogP contribution is 2.49. The molecule has 0 radical (unpaired) electrons. The number of amides is 2. The molecule has 4 nitrogen and oxygen atoms in total. The summed E-state index contributed by atoms with van der Waals surface area (Å²) < 4.78 is 0. The summed E-state index contributed by atoms with van der Waals surface area (Å²) in [6.45, 7) is 6.72. The second-order valence-corrected chi connectivity index (χ2v) is 8.31. The van der Waals surface area contributed by atoms with Gasteiger partial charge in [0.05, 0.1) is 5.41 Å². The van der Waals surface area contributed by atoms with Crippen LogP contribution in [0.3, 0.4) is 0 Å². The third kappa shape index (κ3) is 3.44. The fourth-order valence-electron chi connectivity index (χ4n) is 4.12. The normalized spacial score (nSPS) is 18.2. The zero-order valence-electron chi connectivity index (χ0n) is 16.7. The van der Waals surface area contributed by atoms with E-state index in [1.54, 1.807) is 0 Å². The molecule has 1 heterocycles. The van der Waals surface area contributed by atoms with Crippen LogP contribution in [0.4, 0.5) is 0 Å². The molecule has 0 unspecified atom stereocenters. The first-order valence-corrected chi connectivity index (χ1v) is 10.3. The number of piperazine rings is 1. The van der Waals surface area contributed by atoms with Gasteiger partial charge in [-0.15, -0.1) is 0 Å². The largest absolute Gasteiger partial charge is 0.338 e. The van der Waals surface area contributed by atoms with Crippen LogP contribution in [0.2, 0.25) is 0 Å². The summed E-state index contributed by atoms with van der Waals surface area (Å²) in [5.74, 6) is 0.747. The van der Waals surface area contributed by atoms with E-state index in [0.717, 1.165) is 24.0 Å². The molecular weight excluding hydrogens is 348 g/mol. The third-order valence-electron chi connectivity index (χ3n) is 6.16. The van der Waals surface area contributed by atoms with Crippen molar-refractivity contribution in [3.05, 3.63) is 71.3 Å². The highest BCUT2D eigenvalue weighted by Gasteiger charge is 2.53. The summed E-state index contributed by atoms with van der Waals surface area (Å²) in [6, 6.07) is 18.0. The van der Waals surface area contributed by atoms with Crippen molar-refractivity contribution in [1.29, 1.82) is 0 Å². The summed E-state index contributed by atoms with van der Waals surface area (Å²) in [4.78, 5) is 29.8. The highest BCUT2D eigenvalue weighted by molar-refractivity contribution is 5.95. The van der Waals surface area contributed by atoms with Crippen LogP contribution in [0.15, 0.2) is 54.6 Å². The molecule has 4 rings (SSSR count). The monoisotopic (exact) mass is 376 g/mol. The van der Waals surface area contributed by atoms with Gasteiger partial charge in [-0.05, 0) is 42.0 Å². The Bertz CT molecular complexity index is 846. The average molecular weight is 377 g/mol. The maximum absolute atomic E-state index is 13.2. The van der Waals surface area contributed by atoms with Gasteiger partial charge >= 0.3 is 0 Å². The average Bonchev–Trinajstić information content (AvgIpc) is 3.55. The summed E-state index contributed by atoms with van der Waals surface area (Å²) in [6.07, 6.45) is 1.86. The van der Waals surface area contributed by atoms with E-state index in [1.165, 1.54) is 5.56 Å². The van der Waals surface area contributed by atoms with Crippen molar-refractivity contribution < 1.29 is 9.59 Å². The summed E-state index contributed by atoms with van der Waals surface area (Å²) in [5.41, 5.74) is 2.78. The molecule has 0 bridgehead atoms. The van der Waals surface area contributed by atoms with Crippen LogP contribution in [0.5, 0.6) is 0 Å². The molecule has 2 fully saturated rings. The van der Waals surface area contributed by atoms with Crippen molar-refractivity contribution in [3.8, 4) is 0 Å². The van der Waals surface area contributed by atoms with Crippen LogP contribution in [-0.4, -0.2) is 47.8 Å². The topological polar surface area (TPSA) is 40.6 Å². The molecule has 0 N–H and O–H groups in total. The first-order chi connectivity index (χ1) is 13.5. The molecule has 2 aromatic rings. The van der Waals surface area contributed by atoms with Crippen LogP contribution in [0, 0.1) is 0 Å². The SMILES string of the molecule is CC(C)c1ccc(C(=O)N2CCN(C(=O)C3(c4ccccc4)CC3)CC2)cc1. The molecule has 2 amide bonds. The predicted octanol–water partition coefficient (Wildman–Crippen LogP) is 3.83. The van der Waals surface area contributed by atoms with Gasteiger partial charge in [0.2, 0.25) is 5.91 Å². The lowest BCUT2D eigenvalue weighted by Crippen LogP contribution is -2.53. The van der Waals surface area contributed by atoms with Gasteiger partial charge in [0.15, 0.2) is 0 Å². The molecule has 1 aliphatic carbocycles. The molecule has 146 valence electrons. The Morgan fingerprint density at radius 1 is 0.821 bits per heavy atom. The van der Waals surface area contributed by atoms with Crippen LogP contribution in [-0.2, 0) is 10.2 Å². The number of hydrogen-bond donors (Lipinski definition) is 0. The van der Waals surface area contributed by atoms with E-state index in [-0.39, 0.29) is 17.2 Å². The fourth-order valence-corrected chi connectivity index (χ4v) is 4.12. The second kappa shape index (κ2) is 7.42. The smallest absolute Gasteiger partial charge is 0.253 e. The van der Waals surface area contributed by atoms with Crippen molar-refractivity contribution >= 4 is 11.8 Å². The second-order valence-electron chi connectivity index (χ2n) is 8.31. The molecular formula is C24H28N2O2. The van der Waals surface area contributed by atoms with Gasteiger partial charge in [-0.3, -0.25) is 9.59 Å². The molecule has 1 aliphatic heterocycles. The molecule has 2 aliphatic rings. The Labute approximate surface area is 167 Å². The van der Waals surface area contributed by atoms with Gasteiger partial charge < -0.3 is 9.80 Å². The Hall–Kier alpha value is -2.62. The minimum absolute atomic E-state index is 0.0617. The Balaban J connectivity index is 1.38. The van der Waals surface area contributed by atoms with Crippen LogP contribution in [0.25, 0.3) is 0 Å². The van der Waals surface area contributed by atoms with Crippen LogP contribution in [0.1, 0.15) is 54.1 Å². The molecule has 28 heavy (non-hydrogen) atoms. The van der Waals surface area contributed by atoms with E-state index in [4.69, 9.17) is 0 Å². The number of benzene rings is 2. The Morgan fingerprint density at radius 2 is 1.39 bits per heavy atom. The lowest BCUT2D eigenvalue weighted by atomic mass is 9.94. The standard InChI is InChI=1S/C24H28N2O2/c1-18(2)19-8-10-20(11-9-19)22(27)25-14-16-26(17-15-25)23(28)24(12-13-24)21-6-4-3-5-7-21/h3-11,18H,12-17H2,1-2H3. The maximum Gasteiger partial charge on any atom is 0.253 e. The molecule has 0 atom stereocenters. The maximum atomic E-state index is 13.2. The molecule has 2 aromatic carbocycles. The zero-order chi connectivity index (χ0) is 19.7. The Kier molecular flexibility index (Phi) is 4.96. The molecule has 0 spiro atoms. The number of hydrogen-bond acceptors (Lipinski definition) is 2. The highest BCUT2D eigenvalue weighted by atomic mass is 16.2. The zero-order valence-corrected chi connectivity index (χ0v) is 16.7. The van der Waals surface area contributed by atoms with Crippen molar-refractivity contribution in [1.82, 2.24) is 9.80 Å². The van der Waals surface area contributed by atoms with E-state index in [1.807, 2.05) is 52.3 Å². The van der Waals surface area contributed by atoms with Crippen molar-refractivity contribution in [3.63, 3.8) is 0 Å². The van der Waals surface area contributed by atoms with E-state index in [0.29, 0.717) is 32.1 Å². The van der Waals surface area contributed by atoms with E-state index in [9.17, 15) is 9.59 Å². The number of carbonyl (C=O) groups is 2. The lowest BCUT2D eigenvalue weighted by molar-refractivity contribution is -0.135. The quantitative estimate of drug-likeness (QED) is 0.814. The third-order valence-corrected chi connectivity index (χ3v) is 6.16. The van der Waals surface area contributed by atoms with Gasteiger partial charge in [-0.1, -0.05) is 56.3 Å². The summed E-state index contributed by atoms with van der Waals surface area (Å²) >= 11 is 0. The van der Waals surface area contributed by atoms with Crippen LogP contribution >= 0.6 is 0 Å². The summed E-state index contributed by atoms with van der Waals surface area (Å²) in [7, 11) is 0. The van der Waals surface area contributed by atoms with Gasteiger partial charge in [0.1, 0.15) is 0 Å². The molecule has 1 saturated heterocycles. The first-order valence-electron chi connectivity index (χ1n) is 10.3. The fraction of sp³-hybridized carbons (Fsp3) is 0.417. The number of rotatable bonds is 4. The summed E-state index contributed by atoms with van der Waals surface area (Å²) in [5, 5.41) is 0. The van der Waals surface area contributed by atoms with E-state index in [2.05, 4.69) is 26.0 Å². The van der Waals surface area contributed by atoms with E-state index < -0.39 is 0 Å². The molecule has 0 aromatic heterocycles. The molecule has 1 saturated carbocycles. The lowest BCUT2D eigenvalue weighted by Gasteiger charge is -2.36. The van der Waals surface area contributed by atoms with Gasteiger partial charge in [0, 0.05) is 31.7 Å². The molecule has 4 heteroatoms. The predicted molar refractivity (Wildman–Crippen MR) is 110 cm³/mol. The first kappa shape index (κ1) is 18.7.